The quantitative estimate of drug-likeness (QED) is 0.675. The van der Waals surface area contributed by atoms with Gasteiger partial charge in [-0.05, 0) is 49.4 Å². The molecule has 1 aromatic heterocycles. The van der Waals surface area contributed by atoms with E-state index in [2.05, 4.69) is 15.0 Å². The van der Waals surface area contributed by atoms with Gasteiger partial charge in [-0.3, -0.25) is 9.52 Å². The molecule has 1 atom stereocenters. The summed E-state index contributed by atoms with van der Waals surface area (Å²) in [5, 5.41) is 4.46. The summed E-state index contributed by atoms with van der Waals surface area (Å²) in [6.07, 6.45) is -0.645. The number of thiazole rings is 1. The van der Waals surface area contributed by atoms with Gasteiger partial charge in [-0.1, -0.05) is 0 Å². The van der Waals surface area contributed by atoms with Crippen LogP contribution in [0.15, 0.2) is 52.7 Å². The minimum Gasteiger partial charge on any atom is -0.479 e. The van der Waals surface area contributed by atoms with Crippen molar-refractivity contribution in [2.75, 3.05) is 10.0 Å². The SMILES string of the molecule is CC1Oc2ccc(S(=O)(=O)Nc3nc(-c4ccc(F)cc4)cs3)cc2NC1=O. The molecule has 0 aliphatic carbocycles. The van der Waals surface area contributed by atoms with E-state index in [-0.39, 0.29) is 27.4 Å². The van der Waals surface area contributed by atoms with E-state index < -0.39 is 16.1 Å². The van der Waals surface area contributed by atoms with Crippen molar-refractivity contribution in [3.63, 3.8) is 0 Å². The van der Waals surface area contributed by atoms with Crippen molar-refractivity contribution >= 4 is 38.1 Å². The molecule has 2 aromatic carbocycles. The Bertz CT molecular complexity index is 1160. The number of anilines is 2. The molecule has 144 valence electrons. The molecule has 2 N–H and O–H groups in total. The number of sulfonamides is 1. The molecule has 0 saturated carbocycles. The third-order valence-corrected chi connectivity index (χ3v) is 6.28. The number of hydrogen-bond acceptors (Lipinski definition) is 6. The first-order chi connectivity index (χ1) is 13.3. The lowest BCUT2D eigenvalue weighted by molar-refractivity contribution is -0.122. The number of amides is 1. The van der Waals surface area contributed by atoms with Crippen LogP contribution in [0.3, 0.4) is 0 Å². The summed E-state index contributed by atoms with van der Waals surface area (Å²) in [6.45, 7) is 1.60. The summed E-state index contributed by atoms with van der Waals surface area (Å²) in [7, 11) is -3.92. The number of rotatable bonds is 4. The van der Waals surface area contributed by atoms with Gasteiger partial charge in [-0.15, -0.1) is 11.3 Å². The predicted molar refractivity (Wildman–Crippen MR) is 103 cm³/mol. The predicted octanol–water partition coefficient (Wildman–Crippen LogP) is 3.47. The second-order valence-electron chi connectivity index (χ2n) is 6.06. The van der Waals surface area contributed by atoms with Crippen molar-refractivity contribution in [3.05, 3.63) is 53.7 Å². The topological polar surface area (TPSA) is 97.4 Å². The number of carbonyl (C=O) groups excluding carboxylic acids is 1. The molecular weight excluding hydrogens is 405 g/mol. The standard InChI is InChI=1S/C18H14FN3O4S2/c1-10-17(23)20-14-8-13(6-7-16(14)26-10)28(24,25)22-18-21-15(9-27-18)11-2-4-12(19)5-3-11/h2-10H,1H3,(H,20,23)(H,21,22). The lowest BCUT2D eigenvalue weighted by Crippen LogP contribution is -2.34. The van der Waals surface area contributed by atoms with Gasteiger partial charge < -0.3 is 10.1 Å². The minimum absolute atomic E-state index is 0.0387. The Morgan fingerprint density at radius 1 is 1.21 bits per heavy atom. The van der Waals surface area contributed by atoms with Gasteiger partial charge in [0.05, 0.1) is 16.3 Å². The largest absolute Gasteiger partial charge is 0.479 e. The van der Waals surface area contributed by atoms with Gasteiger partial charge in [-0.2, -0.15) is 0 Å². The van der Waals surface area contributed by atoms with Crippen LogP contribution >= 0.6 is 11.3 Å². The summed E-state index contributed by atoms with van der Waals surface area (Å²) >= 11 is 1.11. The molecule has 1 amide bonds. The summed E-state index contributed by atoms with van der Waals surface area (Å²) in [5.74, 6) is -0.310. The number of ether oxygens (including phenoxy) is 1. The molecule has 1 aliphatic heterocycles. The van der Waals surface area contributed by atoms with E-state index in [9.17, 15) is 17.6 Å². The molecule has 1 aliphatic rings. The van der Waals surface area contributed by atoms with Crippen LogP contribution in [0.2, 0.25) is 0 Å². The fourth-order valence-corrected chi connectivity index (χ4v) is 4.60. The van der Waals surface area contributed by atoms with Crippen molar-refractivity contribution in [1.29, 1.82) is 0 Å². The van der Waals surface area contributed by atoms with Crippen molar-refractivity contribution in [2.45, 2.75) is 17.9 Å². The molecular formula is C18H14FN3O4S2. The molecule has 0 spiro atoms. The average molecular weight is 419 g/mol. The number of nitrogens with one attached hydrogen (secondary N) is 2. The molecule has 7 nitrogen and oxygen atoms in total. The van der Waals surface area contributed by atoms with Crippen molar-refractivity contribution in [2.24, 2.45) is 0 Å². The molecule has 2 heterocycles. The first-order valence-electron chi connectivity index (χ1n) is 8.18. The maximum absolute atomic E-state index is 13.0. The molecule has 0 saturated heterocycles. The van der Waals surface area contributed by atoms with Crippen LogP contribution < -0.4 is 14.8 Å². The first kappa shape index (κ1) is 18.4. The van der Waals surface area contributed by atoms with Crippen LogP contribution in [-0.2, 0) is 14.8 Å². The van der Waals surface area contributed by atoms with Gasteiger partial charge in [0.2, 0.25) is 0 Å². The van der Waals surface area contributed by atoms with E-state index in [1.807, 2.05) is 0 Å². The van der Waals surface area contributed by atoms with E-state index in [4.69, 9.17) is 4.74 Å². The molecule has 0 fully saturated rings. The maximum Gasteiger partial charge on any atom is 0.265 e. The number of halogens is 1. The van der Waals surface area contributed by atoms with E-state index >= 15 is 0 Å². The fraction of sp³-hybridized carbons (Fsp3) is 0.111. The van der Waals surface area contributed by atoms with Gasteiger partial charge in [-0.25, -0.2) is 17.8 Å². The molecule has 10 heteroatoms. The smallest absolute Gasteiger partial charge is 0.265 e. The first-order valence-corrected chi connectivity index (χ1v) is 10.5. The summed E-state index contributed by atoms with van der Waals surface area (Å²) in [6, 6.07) is 9.96. The Labute approximate surface area is 164 Å². The highest BCUT2D eigenvalue weighted by molar-refractivity contribution is 7.93. The van der Waals surface area contributed by atoms with Gasteiger partial charge in [0.25, 0.3) is 15.9 Å². The zero-order valence-electron chi connectivity index (χ0n) is 14.5. The number of carbonyl (C=O) groups is 1. The van der Waals surface area contributed by atoms with E-state index in [1.54, 1.807) is 24.4 Å². The van der Waals surface area contributed by atoms with Crippen LogP contribution in [0, 0.1) is 5.82 Å². The number of fused-ring (bicyclic) bond motifs is 1. The Balaban J connectivity index is 1.58. The Hall–Kier alpha value is -2.98. The van der Waals surface area contributed by atoms with Crippen LogP contribution in [0.4, 0.5) is 15.2 Å². The Kier molecular flexibility index (Phi) is 4.52. The van der Waals surface area contributed by atoms with Crippen LogP contribution in [0.1, 0.15) is 6.92 Å². The van der Waals surface area contributed by atoms with E-state index in [0.29, 0.717) is 17.0 Å². The normalized spacial score (nSPS) is 16.1. The van der Waals surface area contributed by atoms with Gasteiger partial charge >= 0.3 is 0 Å². The lowest BCUT2D eigenvalue weighted by Gasteiger charge is -2.23. The third-order valence-electron chi connectivity index (χ3n) is 4.06. The molecule has 28 heavy (non-hydrogen) atoms. The molecule has 1 unspecified atom stereocenters. The minimum atomic E-state index is -3.92. The van der Waals surface area contributed by atoms with Crippen molar-refractivity contribution in [1.82, 2.24) is 4.98 Å². The highest BCUT2D eigenvalue weighted by Crippen LogP contribution is 2.33. The second kappa shape index (κ2) is 6.88. The zero-order chi connectivity index (χ0) is 19.9. The average Bonchev–Trinajstić information content (AvgIpc) is 3.10. The van der Waals surface area contributed by atoms with Gasteiger partial charge in [0.1, 0.15) is 11.6 Å². The van der Waals surface area contributed by atoms with Crippen LogP contribution in [0.25, 0.3) is 11.3 Å². The van der Waals surface area contributed by atoms with Crippen LogP contribution in [0.5, 0.6) is 5.75 Å². The number of nitrogens with zero attached hydrogens (tertiary/aromatic N) is 1. The molecule has 4 rings (SSSR count). The van der Waals surface area contributed by atoms with Gasteiger partial charge in [0, 0.05) is 10.9 Å². The summed E-state index contributed by atoms with van der Waals surface area (Å²) < 4.78 is 46.2. The van der Waals surface area contributed by atoms with E-state index in [0.717, 1.165) is 11.3 Å². The zero-order valence-corrected chi connectivity index (χ0v) is 16.1. The van der Waals surface area contributed by atoms with Crippen LogP contribution in [-0.4, -0.2) is 25.4 Å². The summed E-state index contributed by atoms with van der Waals surface area (Å²) in [5.41, 5.74) is 1.49. The Morgan fingerprint density at radius 2 is 1.96 bits per heavy atom. The summed E-state index contributed by atoms with van der Waals surface area (Å²) in [4.78, 5) is 15.9. The molecule has 0 radical (unpaired) electrons. The van der Waals surface area contributed by atoms with Crippen molar-refractivity contribution < 1.29 is 22.3 Å². The maximum atomic E-state index is 13.0. The highest BCUT2D eigenvalue weighted by atomic mass is 32.2. The molecule has 0 bridgehead atoms. The number of benzene rings is 2. The Morgan fingerprint density at radius 3 is 2.71 bits per heavy atom. The number of hydrogen-bond donors (Lipinski definition) is 2. The monoisotopic (exact) mass is 419 g/mol. The fourth-order valence-electron chi connectivity index (χ4n) is 2.60. The van der Waals surface area contributed by atoms with Crippen molar-refractivity contribution in [3.8, 4) is 17.0 Å². The van der Waals surface area contributed by atoms with Gasteiger partial charge in [0.15, 0.2) is 11.2 Å². The highest BCUT2D eigenvalue weighted by Gasteiger charge is 2.26. The molecule has 3 aromatic rings. The third kappa shape index (κ3) is 3.56. The number of aromatic nitrogens is 1. The lowest BCUT2D eigenvalue weighted by atomic mass is 10.2. The second-order valence-corrected chi connectivity index (χ2v) is 8.60. The van der Waals surface area contributed by atoms with E-state index in [1.165, 1.54) is 30.3 Å².